The first kappa shape index (κ1) is 52.3. The maximum atomic E-state index is 16.4. The second kappa shape index (κ2) is 24.3. The van der Waals surface area contributed by atoms with Crippen molar-refractivity contribution in [1.29, 1.82) is 0 Å². The molecule has 362 valence electrons. The fourth-order valence-corrected chi connectivity index (χ4v) is 6.94. The lowest BCUT2D eigenvalue weighted by atomic mass is 9.98. The van der Waals surface area contributed by atoms with Gasteiger partial charge < -0.3 is 61.6 Å². The van der Waals surface area contributed by atoms with Crippen LogP contribution in [0.5, 0.6) is 5.75 Å². The fourth-order valence-electron chi connectivity index (χ4n) is 6.94. The molecule has 0 aliphatic carbocycles. The quantitative estimate of drug-likeness (QED) is 0.111. The normalized spacial score (nSPS) is 24.7. The third kappa shape index (κ3) is 15.1. The molecular formula is C43H52FNO21. The van der Waals surface area contributed by atoms with E-state index in [9.17, 15) is 38.4 Å². The zero-order valence-corrected chi connectivity index (χ0v) is 37.6. The van der Waals surface area contributed by atoms with Crippen molar-refractivity contribution in [1.82, 2.24) is 4.98 Å². The molecule has 1 aromatic heterocycles. The summed E-state index contributed by atoms with van der Waals surface area (Å²) in [5, 5.41) is 0. The lowest BCUT2D eigenvalue weighted by Crippen LogP contribution is -2.63. The highest BCUT2D eigenvalue weighted by atomic mass is 19.1. The highest BCUT2D eigenvalue weighted by Gasteiger charge is 2.54. The summed E-state index contributed by atoms with van der Waals surface area (Å²) in [4.78, 5) is 102. The Bertz CT molecular complexity index is 2080. The Kier molecular flexibility index (Phi) is 19.3. The average molecular weight is 938 g/mol. The number of pyridine rings is 1. The van der Waals surface area contributed by atoms with E-state index in [0.717, 1.165) is 55.4 Å². The van der Waals surface area contributed by atoms with E-state index in [4.69, 9.17) is 61.6 Å². The number of carbonyl (C=O) groups excluding carboxylic acids is 8. The third-order valence-electron chi connectivity index (χ3n) is 9.39. The summed E-state index contributed by atoms with van der Waals surface area (Å²) in [6.07, 6.45) is -15.9. The molecule has 2 aromatic rings. The molecule has 2 aliphatic heterocycles. The predicted molar refractivity (Wildman–Crippen MR) is 213 cm³/mol. The van der Waals surface area contributed by atoms with Gasteiger partial charge in [-0.1, -0.05) is 30.3 Å². The monoisotopic (exact) mass is 937 g/mol. The highest BCUT2D eigenvalue weighted by molar-refractivity contribution is 5.70. The smallest absolute Gasteiger partial charge is 0.303 e. The van der Waals surface area contributed by atoms with Gasteiger partial charge in [0.2, 0.25) is 5.95 Å². The van der Waals surface area contributed by atoms with Gasteiger partial charge in [-0.25, -0.2) is 4.98 Å². The number of rotatable bonds is 19. The molecule has 1 aromatic carbocycles. The summed E-state index contributed by atoms with van der Waals surface area (Å²) in [6, 6.07) is 8.82. The van der Waals surface area contributed by atoms with Crippen molar-refractivity contribution < 1.29 is 104 Å². The van der Waals surface area contributed by atoms with Crippen molar-refractivity contribution in [2.75, 3.05) is 13.2 Å². The number of ether oxygens (including phenoxy) is 13. The number of aryl methyl sites for hydroxylation is 1. The fraction of sp³-hybridized carbons (Fsp3) is 0.558. The molecule has 0 spiro atoms. The largest absolute Gasteiger partial charge is 0.487 e. The van der Waals surface area contributed by atoms with Crippen LogP contribution in [0.2, 0.25) is 0 Å². The zero-order valence-electron chi connectivity index (χ0n) is 37.6. The maximum absolute atomic E-state index is 16.4. The van der Waals surface area contributed by atoms with E-state index >= 15 is 4.39 Å². The number of esters is 8. The van der Waals surface area contributed by atoms with E-state index in [1.165, 1.54) is 6.92 Å². The SMILES string of the molecule is CC(=O)OC[C@H]1O[C@@H](OCc2c(F)nc(C)c(OCc3ccccc3)c2CO[C@@H]2O[C@H](COC(C)=O)[C@@H](OC(C)=O)[C@H](OC(C)=O)[C@H]2OC(C)=O)[C@H](OC(C)=O)[C@@H](OC(C)=O)[C@@H]1OC(C)=O. The highest BCUT2D eigenvalue weighted by Crippen LogP contribution is 2.36. The number of halogens is 1. The van der Waals surface area contributed by atoms with Gasteiger partial charge in [-0.3, -0.25) is 38.4 Å². The van der Waals surface area contributed by atoms with Crippen molar-refractivity contribution in [2.24, 2.45) is 0 Å². The molecule has 66 heavy (non-hydrogen) atoms. The molecule has 23 heteroatoms. The van der Waals surface area contributed by atoms with Gasteiger partial charge in [0.1, 0.15) is 37.8 Å². The summed E-state index contributed by atoms with van der Waals surface area (Å²) >= 11 is 0. The number of carbonyl (C=O) groups is 8. The van der Waals surface area contributed by atoms with Gasteiger partial charge in [-0.15, -0.1) is 0 Å². The second-order valence-corrected chi connectivity index (χ2v) is 14.8. The molecule has 10 atom stereocenters. The lowest BCUT2D eigenvalue weighted by molar-refractivity contribution is -0.312. The molecule has 4 rings (SSSR count). The van der Waals surface area contributed by atoms with Crippen molar-refractivity contribution >= 4 is 47.8 Å². The van der Waals surface area contributed by atoms with Gasteiger partial charge in [-0.05, 0) is 12.5 Å². The molecule has 2 fully saturated rings. The van der Waals surface area contributed by atoms with Crippen LogP contribution in [-0.4, -0.2) is 127 Å². The summed E-state index contributed by atoms with van der Waals surface area (Å²) in [5.41, 5.74) is 0.249. The summed E-state index contributed by atoms with van der Waals surface area (Å²) in [5.74, 6) is -8.06. The summed E-state index contributed by atoms with van der Waals surface area (Å²) in [6.45, 7) is 7.16. The first-order valence-corrected chi connectivity index (χ1v) is 20.3. The van der Waals surface area contributed by atoms with Crippen LogP contribution in [0.3, 0.4) is 0 Å². The van der Waals surface area contributed by atoms with E-state index in [2.05, 4.69) is 4.98 Å². The number of benzene rings is 1. The molecular weight excluding hydrogens is 885 g/mol. The summed E-state index contributed by atoms with van der Waals surface area (Å²) < 4.78 is 90.2. The van der Waals surface area contributed by atoms with Gasteiger partial charge in [0.25, 0.3) is 0 Å². The van der Waals surface area contributed by atoms with Gasteiger partial charge >= 0.3 is 47.8 Å². The molecule has 3 heterocycles. The molecule has 0 saturated carbocycles. The van der Waals surface area contributed by atoms with E-state index in [0.29, 0.717) is 5.56 Å². The maximum Gasteiger partial charge on any atom is 0.303 e. The van der Waals surface area contributed by atoms with Crippen LogP contribution in [0.1, 0.15) is 77.8 Å². The molecule has 0 bridgehead atoms. The lowest BCUT2D eigenvalue weighted by Gasteiger charge is -2.44. The molecule has 2 aliphatic rings. The first-order valence-electron chi connectivity index (χ1n) is 20.3. The molecule has 0 unspecified atom stereocenters. The minimum Gasteiger partial charge on any atom is -0.487 e. The Morgan fingerprint density at radius 3 is 1.29 bits per heavy atom. The van der Waals surface area contributed by atoms with Crippen LogP contribution < -0.4 is 4.74 Å². The number of hydrogen-bond acceptors (Lipinski definition) is 22. The predicted octanol–water partition coefficient (Wildman–Crippen LogP) is 2.31. The van der Waals surface area contributed by atoms with Crippen molar-refractivity contribution in [3.63, 3.8) is 0 Å². The minimum absolute atomic E-state index is 0.0135. The van der Waals surface area contributed by atoms with E-state index in [1.54, 1.807) is 30.3 Å². The minimum atomic E-state index is -1.76. The Balaban J connectivity index is 1.83. The van der Waals surface area contributed by atoms with Gasteiger partial charge in [-0.2, -0.15) is 4.39 Å². The van der Waals surface area contributed by atoms with Gasteiger partial charge in [0.05, 0.1) is 18.9 Å². The van der Waals surface area contributed by atoms with E-state index < -0.39 is 142 Å². The molecule has 0 N–H and O–H groups in total. The molecule has 2 saturated heterocycles. The van der Waals surface area contributed by atoms with Crippen LogP contribution in [0.4, 0.5) is 4.39 Å². The van der Waals surface area contributed by atoms with Crippen LogP contribution in [0.25, 0.3) is 0 Å². The van der Waals surface area contributed by atoms with Crippen LogP contribution >= 0.6 is 0 Å². The molecule has 22 nitrogen and oxygen atoms in total. The Morgan fingerprint density at radius 1 is 0.515 bits per heavy atom. The topological polar surface area (TPSA) is 269 Å². The van der Waals surface area contributed by atoms with Crippen molar-refractivity contribution in [3.05, 3.63) is 58.7 Å². The third-order valence-corrected chi connectivity index (χ3v) is 9.39. The number of aromatic nitrogens is 1. The molecule has 0 radical (unpaired) electrons. The van der Waals surface area contributed by atoms with E-state index in [-0.39, 0.29) is 29.2 Å². The summed E-state index contributed by atoms with van der Waals surface area (Å²) in [7, 11) is 0. The standard InChI is InChI=1S/C43H52FNO21/c1-20-34(56-15-29-13-11-10-12-14-29)30(16-57-42-39(63-27(8)52)37(61-25(6)50)35(59-23(4)48)32(65-42)18-54-21(2)46)31(41(44)45-20)17-58-43-40(64-28(9)53)38(62-26(7)51)36(60-24(5)49)33(66-43)19-55-22(3)47/h10-14,32-33,35-40,42-43H,15-19H2,1-9H3/t32-,33-,35-,36-,37+,38+,39-,40-,42-,43-/m1/s1. The van der Waals surface area contributed by atoms with Crippen molar-refractivity contribution in [2.45, 2.75) is 144 Å². The Labute approximate surface area is 377 Å². The van der Waals surface area contributed by atoms with Gasteiger partial charge in [0.15, 0.2) is 49.2 Å². The first-order chi connectivity index (χ1) is 31.1. The second-order valence-electron chi connectivity index (χ2n) is 14.8. The Morgan fingerprint density at radius 2 is 0.894 bits per heavy atom. The van der Waals surface area contributed by atoms with Crippen LogP contribution in [0, 0.1) is 12.9 Å². The molecule has 0 amide bonds. The van der Waals surface area contributed by atoms with Crippen LogP contribution in [0.15, 0.2) is 30.3 Å². The number of hydrogen-bond donors (Lipinski definition) is 0. The number of nitrogens with zero attached hydrogens (tertiary/aromatic N) is 1. The van der Waals surface area contributed by atoms with Crippen molar-refractivity contribution in [3.8, 4) is 5.75 Å². The zero-order chi connectivity index (χ0) is 48.8. The van der Waals surface area contributed by atoms with Gasteiger partial charge in [0, 0.05) is 66.5 Å². The van der Waals surface area contributed by atoms with E-state index in [1.807, 2.05) is 0 Å². The Hall–Kier alpha value is -6.30. The van der Waals surface area contributed by atoms with Crippen LogP contribution in [-0.2, 0) is 115 Å². The average Bonchev–Trinajstić information content (AvgIpc) is 3.21.